The van der Waals surface area contributed by atoms with E-state index in [1.54, 1.807) is 20.1 Å². The molecule has 0 saturated carbocycles. The van der Waals surface area contributed by atoms with Crippen LogP contribution in [-0.4, -0.2) is 51.1 Å². The fraction of sp³-hybridized carbons (Fsp3) is 0.727. The van der Waals surface area contributed by atoms with Crippen LogP contribution in [0.3, 0.4) is 0 Å². The molecule has 0 aromatic carbocycles. The van der Waals surface area contributed by atoms with Crippen molar-refractivity contribution in [3.8, 4) is 0 Å². The molecule has 0 spiro atoms. The fourth-order valence-electron chi connectivity index (χ4n) is 0.958. The Balaban J connectivity index is 3.21. The summed E-state index contributed by atoms with van der Waals surface area (Å²) in [7, 11) is 1.64. The number of aliphatic carboxylic acids is 1. The number of carbonyl (C=O) groups is 1. The average Bonchev–Trinajstić information content (AvgIpc) is 2.26. The lowest BCUT2D eigenvalue weighted by molar-refractivity contribution is -0.132. The van der Waals surface area contributed by atoms with Crippen LogP contribution in [0.25, 0.3) is 0 Å². The van der Waals surface area contributed by atoms with Crippen molar-refractivity contribution in [1.29, 1.82) is 0 Å². The van der Waals surface area contributed by atoms with Gasteiger partial charge in [-0.1, -0.05) is 6.08 Å². The maximum absolute atomic E-state index is 10.4. The molecule has 0 aromatic rings. The Morgan fingerprint density at radius 2 is 2.12 bits per heavy atom. The number of methoxy groups -OCH3 is 1. The molecule has 5 nitrogen and oxygen atoms in total. The SMILES string of the molecule is COCCOCCCNC/C=C(/C)C(=O)O. The summed E-state index contributed by atoms with van der Waals surface area (Å²) in [4.78, 5) is 10.4. The van der Waals surface area contributed by atoms with E-state index < -0.39 is 5.97 Å². The first-order valence-electron chi connectivity index (χ1n) is 5.36. The summed E-state index contributed by atoms with van der Waals surface area (Å²) in [6, 6.07) is 0. The highest BCUT2D eigenvalue weighted by molar-refractivity contribution is 5.85. The molecule has 0 aliphatic carbocycles. The van der Waals surface area contributed by atoms with Gasteiger partial charge < -0.3 is 19.9 Å². The quantitative estimate of drug-likeness (QED) is 0.427. The zero-order valence-corrected chi connectivity index (χ0v) is 9.99. The first-order valence-corrected chi connectivity index (χ1v) is 5.36. The molecule has 0 heterocycles. The van der Waals surface area contributed by atoms with Gasteiger partial charge in [0.2, 0.25) is 0 Å². The van der Waals surface area contributed by atoms with E-state index in [9.17, 15) is 4.79 Å². The Hall–Kier alpha value is -0.910. The van der Waals surface area contributed by atoms with Gasteiger partial charge in [0.05, 0.1) is 13.2 Å². The van der Waals surface area contributed by atoms with E-state index in [0.717, 1.165) is 13.0 Å². The second-order valence-electron chi connectivity index (χ2n) is 3.36. The van der Waals surface area contributed by atoms with E-state index in [1.165, 1.54) is 0 Å². The van der Waals surface area contributed by atoms with Gasteiger partial charge in [0.15, 0.2) is 0 Å². The molecule has 0 saturated heterocycles. The maximum atomic E-state index is 10.4. The zero-order chi connectivity index (χ0) is 12.2. The van der Waals surface area contributed by atoms with Crippen molar-refractivity contribution in [2.24, 2.45) is 0 Å². The molecule has 0 fully saturated rings. The largest absolute Gasteiger partial charge is 0.478 e. The molecule has 0 aromatic heterocycles. The van der Waals surface area contributed by atoms with Crippen LogP contribution in [0.4, 0.5) is 0 Å². The summed E-state index contributed by atoms with van der Waals surface area (Å²) in [6.45, 7) is 4.91. The molecule has 0 aliphatic heterocycles. The van der Waals surface area contributed by atoms with Crippen LogP contribution in [0.5, 0.6) is 0 Å². The molecular weight excluding hydrogens is 210 g/mol. The Bertz CT molecular complexity index is 216. The third-order valence-corrected chi connectivity index (χ3v) is 1.96. The van der Waals surface area contributed by atoms with Crippen LogP contribution >= 0.6 is 0 Å². The summed E-state index contributed by atoms with van der Waals surface area (Å²) in [5, 5.41) is 11.7. The molecule has 0 aliphatic rings. The molecule has 5 heteroatoms. The second-order valence-corrected chi connectivity index (χ2v) is 3.36. The number of ether oxygens (including phenoxy) is 2. The molecule has 0 bridgehead atoms. The van der Waals surface area contributed by atoms with Gasteiger partial charge in [-0.2, -0.15) is 0 Å². The van der Waals surface area contributed by atoms with E-state index in [4.69, 9.17) is 14.6 Å². The first-order chi connectivity index (χ1) is 7.68. The normalized spacial score (nSPS) is 11.8. The fourth-order valence-corrected chi connectivity index (χ4v) is 0.958. The van der Waals surface area contributed by atoms with Gasteiger partial charge in [0.1, 0.15) is 0 Å². The highest BCUT2D eigenvalue weighted by Gasteiger charge is 1.97. The highest BCUT2D eigenvalue weighted by atomic mass is 16.5. The molecule has 0 atom stereocenters. The minimum atomic E-state index is -0.871. The van der Waals surface area contributed by atoms with Gasteiger partial charge in [0.25, 0.3) is 0 Å². The van der Waals surface area contributed by atoms with E-state index >= 15 is 0 Å². The number of hydrogen-bond acceptors (Lipinski definition) is 4. The molecule has 0 radical (unpaired) electrons. The second kappa shape index (κ2) is 10.6. The van der Waals surface area contributed by atoms with Gasteiger partial charge in [-0.15, -0.1) is 0 Å². The van der Waals surface area contributed by atoms with Crippen molar-refractivity contribution in [2.45, 2.75) is 13.3 Å². The third-order valence-electron chi connectivity index (χ3n) is 1.96. The Labute approximate surface area is 96.4 Å². The van der Waals surface area contributed by atoms with Crippen molar-refractivity contribution < 1.29 is 19.4 Å². The van der Waals surface area contributed by atoms with Crippen molar-refractivity contribution >= 4 is 5.97 Å². The molecular formula is C11H21NO4. The summed E-state index contributed by atoms with van der Waals surface area (Å²) in [5.74, 6) is -0.871. The lowest BCUT2D eigenvalue weighted by Gasteiger charge is -2.04. The highest BCUT2D eigenvalue weighted by Crippen LogP contribution is 1.89. The number of hydrogen-bond donors (Lipinski definition) is 2. The standard InChI is InChI=1S/C11H21NO4/c1-10(11(13)14)4-6-12-5-3-7-16-9-8-15-2/h4,12H,3,5-9H2,1-2H3,(H,13,14)/b10-4-. The predicted octanol–water partition coefficient (Wildman–Crippen LogP) is 0.660. The van der Waals surface area contributed by atoms with Crippen molar-refractivity contribution in [3.63, 3.8) is 0 Å². The van der Waals surface area contributed by atoms with Gasteiger partial charge in [-0.05, 0) is 19.9 Å². The van der Waals surface area contributed by atoms with Crippen LogP contribution < -0.4 is 5.32 Å². The molecule has 2 N–H and O–H groups in total. The van der Waals surface area contributed by atoms with Crippen molar-refractivity contribution in [2.75, 3.05) is 40.0 Å². The summed E-state index contributed by atoms with van der Waals surface area (Å²) >= 11 is 0. The van der Waals surface area contributed by atoms with E-state index in [0.29, 0.717) is 31.9 Å². The van der Waals surface area contributed by atoms with E-state index in [-0.39, 0.29) is 0 Å². The predicted molar refractivity (Wildman–Crippen MR) is 61.6 cm³/mol. The van der Waals surface area contributed by atoms with Crippen LogP contribution in [-0.2, 0) is 14.3 Å². The molecule has 16 heavy (non-hydrogen) atoms. The van der Waals surface area contributed by atoms with Gasteiger partial charge in [0, 0.05) is 25.8 Å². The molecule has 0 unspecified atom stereocenters. The van der Waals surface area contributed by atoms with Crippen LogP contribution in [0.2, 0.25) is 0 Å². The number of carboxylic acid groups (broad SMARTS) is 1. The van der Waals surface area contributed by atoms with Crippen molar-refractivity contribution in [1.82, 2.24) is 5.32 Å². The smallest absolute Gasteiger partial charge is 0.330 e. The number of carboxylic acids is 1. The Kier molecular flexibility index (Phi) is 10.00. The van der Waals surface area contributed by atoms with Crippen molar-refractivity contribution in [3.05, 3.63) is 11.6 Å². The summed E-state index contributed by atoms with van der Waals surface area (Å²) in [5.41, 5.74) is 0.365. The van der Waals surface area contributed by atoms with Gasteiger partial charge >= 0.3 is 5.97 Å². The third kappa shape index (κ3) is 9.64. The van der Waals surface area contributed by atoms with Gasteiger partial charge in [-0.3, -0.25) is 0 Å². The minimum Gasteiger partial charge on any atom is -0.478 e. The van der Waals surface area contributed by atoms with Crippen LogP contribution in [0, 0.1) is 0 Å². The monoisotopic (exact) mass is 231 g/mol. The number of nitrogens with one attached hydrogen (secondary N) is 1. The Morgan fingerprint density at radius 1 is 1.38 bits per heavy atom. The molecule has 0 rings (SSSR count). The zero-order valence-electron chi connectivity index (χ0n) is 9.99. The van der Waals surface area contributed by atoms with E-state index in [1.807, 2.05) is 0 Å². The lowest BCUT2D eigenvalue weighted by Crippen LogP contribution is -2.18. The summed E-state index contributed by atoms with van der Waals surface area (Å²) < 4.78 is 10.1. The average molecular weight is 231 g/mol. The maximum Gasteiger partial charge on any atom is 0.330 e. The lowest BCUT2D eigenvalue weighted by atomic mass is 10.3. The topological polar surface area (TPSA) is 67.8 Å². The van der Waals surface area contributed by atoms with E-state index in [2.05, 4.69) is 5.32 Å². The van der Waals surface area contributed by atoms with Gasteiger partial charge in [-0.25, -0.2) is 4.79 Å². The molecule has 0 amide bonds. The Morgan fingerprint density at radius 3 is 2.75 bits per heavy atom. The minimum absolute atomic E-state index is 0.365. The van der Waals surface area contributed by atoms with Crippen LogP contribution in [0.1, 0.15) is 13.3 Å². The summed E-state index contributed by atoms with van der Waals surface area (Å²) in [6.07, 6.45) is 2.57. The van der Waals surface area contributed by atoms with Crippen LogP contribution in [0.15, 0.2) is 11.6 Å². The molecule has 94 valence electrons. The number of rotatable bonds is 10. The first kappa shape index (κ1) is 15.1.